The molecule has 0 aromatic carbocycles. The summed E-state index contributed by atoms with van der Waals surface area (Å²) in [6.45, 7) is 9.62. The molecule has 1 aliphatic rings. The Labute approximate surface area is 80.9 Å². The summed E-state index contributed by atoms with van der Waals surface area (Å²) in [6, 6.07) is 0.274. The molecule has 3 atom stereocenters. The van der Waals surface area contributed by atoms with Crippen molar-refractivity contribution in [3.05, 3.63) is 0 Å². The molecule has 0 amide bonds. The number of hydrogen-bond acceptors (Lipinski definition) is 3. The zero-order chi connectivity index (χ0) is 10.1. The maximum Gasteiger partial charge on any atom is 0.0584 e. The summed E-state index contributed by atoms with van der Waals surface area (Å²) >= 11 is 0. The van der Waals surface area contributed by atoms with E-state index >= 15 is 0 Å². The van der Waals surface area contributed by atoms with Crippen LogP contribution in [0.4, 0.5) is 0 Å². The van der Waals surface area contributed by atoms with E-state index < -0.39 is 0 Å². The maximum atomic E-state index is 9.05. The molecule has 3 heteroatoms. The van der Waals surface area contributed by atoms with E-state index in [2.05, 4.69) is 25.7 Å². The van der Waals surface area contributed by atoms with Gasteiger partial charge in [0.25, 0.3) is 0 Å². The molecule has 0 spiro atoms. The summed E-state index contributed by atoms with van der Waals surface area (Å²) in [5.41, 5.74) is 6.01. The Hall–Kier alpha value is -0.120. The minimum Gasteiger partial charge on any atom is -0.395 e. The van der Waals surface area contributed by atoms with Gasteiger partial charge in [-0.1, -0.05) is 13.8 Å². The molecule has 1 heterocycles. The second-order valence-electron chi connectivity index (χ2n) is 4.72. The average molecular weight is 186 g/mol. The number of aliphatic hydroxyl groups is 1. The lowest BCUT2D eigenvalue weighted by Crippen LogP contribution is -2.37. The Morgan fingerprint density at radius 1 is 1.69 bits per heavy atom. The summed E-state index contributed by atoms with van der Waals surface area (Å²) < 4.78 is 0. The van der Waals surface area contributed by atoms with Crippen LogP contribution in [-0.2, 0) is 0 Å². The standard InChI is InChI=1S/C10H22N2O/c1-8-4-12(9(2)5-13)7-10(8,3)6-11/h8-9,13H,4-7,11H2,1-3H3. The second kappa shape index (κ2) is 3.95. The van der Waals surface area contributed by atoms with Gasteiger partial charge in [-0.15, -0.1) is 0 Å². The van der Waals surface area contributed by atoms with E-state index in [0.717, 1.165) is 19.6 Å². The Kier molecular flexibility index (Phi) is 3.33. The van der Waals surface area contributed by atoms with Gasteiger partial charge < -0.3 is 10.8 Å². The lowest BCUT2D eigenvalue weighted by molar-refractivity contribution is 0.146. The van der Waals surface area contributed by atoms with Gasteiger partial charge >= 0.3 is 0 Å². The predicted octanol–water partition coefficient (Wildman–Crippen LogP) is 0.284. The van der Waals surface area contributed by atoms with Gasteiger partial charge in [0.15, 0.2) is 0 Å². The van der Waals surface area contributed by atoms with Gasteiger partial charge in [-0.3, -0.25) is 4.90 Å². The first-order valence-electron chi connectivity index (χ1n) is 5.08. The van der Waals surface area contributed by atoms with E-state index in [0.29, 0.717) is 5.92 Å². The summed E-state index contributed by atoms with van der Waals surface area (Å²) in [5, 5.41) is 9.05. The van der Waals surface area contributed by atoms with Crippen LogP contribution in [-0.4, -0.2) is 42.3 Å². The zero-order valence-corrected chi connectivity index (χ0v) is 8.95. The molecule has 0 saturated carbocycles. The fourth-order valence-electron chi connectivity index (χ4n) is 1.97. The first kappa shape index (κ1) is 11.0. The molecule has 0 radical (unpaired) electrons. The van der Waals surface area contributed by atoms with Crippen LogP contribution >= 0.6 is 0 Å². The van der Waals surface area contributed by atoms with Crippen LogP contribution in [0.25, 0.3) is 0 Å². The third-order valence-corrected chi connectivity index (χ3v) is 3.62. The molecule has 1 fully saturated rings. The van der Waals surface area contributed by atoms with Gasteiger partial charge in [0.2, 0.25) is 0 Å². The topological polar surface area (TPSA) is 49.5 Å². The third kappa shape index (κ3) is 2.03. The number of aliphatic hydroxyl groups excluding tert-OH is 1. The van der Waals surface area contributed by atoms with Crippen molar-refractivity contribution in [2.75, 3.05) is 26.2 Å². The van der Waals surface area contributed by atoms with Crippen LogP contribution in [0.2, 0.25) is 0 Å². The summed E-state index contributed by atoms with van der Waals surface area (Å²) in [4.78, 5) is 2.33. The van der Waals surface area contributed by atoms with Crippen molar-refractivity contribution < 1.29 is 5.11 Å². The third-order valence-electron chi connectivity index (χ3n) is 3.62. The molecule has 0 aliphatic carbocycles. The Balaban J connectivity index is 2.59. The van der Waals surface area contributed by atoms with Crippen LogP contribution in [0.15, 0.2) is 0 Å². The minimum atomic E-state index is 0.240. The summed E-state index contributed by atoms with van der Waals surface area (Å²) in [7, 11) is 0. The fraction of sp³-hybridized carbons (Fsp3) is 1.00. The normalized spacial score (nSPS) is 38.1. The zero-order valence-electron chi connectivity index (χ0n) is 8.95. The molecular weight excluding hydrogens is 164 g/mol. The van der Waals surface area contributed by atoms with E-state index in [4.69, 9.17) is 10.8 Å². The molecule has 0 bridgehead atoms. The van der Waals surface area contributed by atoms with E-state index in [1.807, 2.05) is 0 Å². The molecule has 78 valence electrons. The highest BCUT2D eigenvalue weighted by Crippen LogP contribution is 2.35. The van der Waals surface area contributed by atoms with Crippen molar-refractivity contribution in [1.82, 2.24) is 4.90 Å². The van der Waals surface area contributed by atoms with Crippen molar-refractivity contribution in [2.45, 2.75) is 26.8 Å². The Morgan fingerprint density at radius 3 is 2.69 bits per heavy atom. The van der Waals surface area contributed by atoms with E-state index in [1.165, 1.54) is 0 Å². The molecule has 0 aromatic heterocycles. The molecule has 3 N–H and O–H groups in total. The highest BCUT2D eigenvalue weighted by atomic mass is 16.3. The molecule has 1 aliphatic heterocycles. The van der Waals surface area contributed by atoms with E-state index in [-0.39, 0.29) is 18.1 Å². The quantitative estimate of drug-likeness (QED) is 0.666. The molecule has 1 saturated heterocycles. The minimum absolute atomic E-state index is 0.240. The van der Waals surface area contributed by atoms with Crippen molar-refractivity contribution in [2.24, 2.45) is 17.1 Å². The van der Waals surface area contributed by atoms with Gasteiger partial charge in [-0.2, -0.15) is 0 Å². The van der Waals surface area contributed by atoms with Gasteiger partial charge in [0.05, 0.1) is 6.61 Å². The molecular formula is C10H22N2O. The lowest BCUT2D eigenvalue weighted by atomic mass is 9.81. The van der Waals surface area contributed by atoms with Gasteiger partial charge in [0.1, 0.15) is 0 Å². The van der Waals surface area contributed by atoms with Crippen LogP contribution in [0.1, 0.15) is 20.8 Å². The Bertz CT molecular complexity index is 174. The largest absolute Gasteiger partial charge is 0.395 e. The van der Waals surface area contributed by atoms with Gasteiger partial charge in [-0.25, -0.2) is 0 Å². The molecule has 3 nitrogen and oxygen atoms in total. The number of nitrogens with zero attached hydrogens (tertiary/aromatic N) is 1. The Morgan fingerprint density at radius 2 is 2.31 bits per heavy atom. The van der Waals surface area contributed by atoms with Crippen LogP contribution in [0.5, 0.6) is 0 Å². The van der Waals surface area contributed by atoms with Crippen molar-refractivity contribution in [1.29, 1.82) is 0 Å². The number of likely N-dealkylation sites (tertiary alicyclic amines) is 1. The lowest BCUT2D eigenvalue weighted by Gasteiger charge is -2.27. The number of rotatable bonds is 3. The summed E-state index contributed by atoms with van der Waals surface area (Å²) in [5.74, 6) is 0.631. The van der Waals surface area contributed by atoms with Crippen molar-refractivity contribution >= 4 is 0 Å². The molecule has 3 unspecified atom stereocenters. The number of hydrogen-bond donors (Lipinski definition) is 2. The first-order valence-corrected chi connectivity index (χ1v) is 5.08. The van der Waals surface area contributed by atoms with E-state index in [9.17, 15) is 0 Å². The van der Waals surface area contributed by atoms with Crippen molar-refractivity contribution in [3.63, 3.8) is 0 Å². The smallest absolute Gasteiger partial charge is 0.0584 e. The van der Waals surface area contributed by atoms with Crippen LogP contribution < -0.4 is 5.73 Å². The van der Waals surface area contributed by atoms with Gasteiger partial charge in [0, 0.05) is 19.1 Å². The first-order chi connectivity index (χ1) is 6.03. The SMILES string of the molecule is CC(CO)N1CC(C)C(C)(CN)C1. The average Bonchev–Trinajstić information content (AvgIpc) is 2.43. The van der Waals surface area contributed by atoms with E-state index in [1.54, 1.807) is 0 Å². The second-order valence-corrected chi connectivity index (χ2v) is 4.72. The molecule has 0 aromatic rings. The predicted molar refractivity (Wildman–Crippen MR) is 54.4 cm³/mol. The monoisotopic (exact) mass is 186 g/mol. The molecule has 1 rings (SSSR count). The van der Waals surface area contributed by atoms with Crippen LogP contribution in [0.3, 0.4) is 0 Å². The molecule has 13 heavy (non-hydrogen) atoms. The summed E-state index contributed by atoms with van der Waals surface area (Å²) in [6.07, 6.45) is 0. The highest BCUT2D eigenvalue weighted by molar-refractivity contribution is 4.93. The maximum absolute atomic E-state index is 9.05. The highest BCUT2D eigenvalue weighted by Gasteiger charge is 2.40. The van der Waals surface area contributed by atoms with Gasteiger partial charge in [-0.05, 0) is 24.8 Å². The number of nitrogens with two attached hydrogens (primary N) is 1. The van der Waals surface area contributed by atoms with Crippen molar-refractivity contribution in [3.8, 4) is 0 Å². The van der Waals surface area contributed by atoms with Crippen LogP contribution in [0, 0.1) is 11.3 Å². The fourth-order valence-corrected chi connectivity index (χ4v) is 1.97.